The summed E-state index contributed by atoms with van der Waals surface area (Å²) in [7, 11) is 0. The number of hydrogen-bond donors (Lipinski definition) is 1. The van der Waals surface area contributed by atoms with E-state index in [1.165, 1.54) is 5.01 Å². The van der Waals surface area contributed by atoms with Crippen LogP contribution in [0.5, 0.6) is 0 Å². The molecule has 0 spiro atoms. The average molecular weight is 295 g/mol. The van der Waals surface area contributed by atoms with Crippen LogP contribution in [0, 0.1) is 0 Å². The third-order valence-electron chi connectivity index (χ3n) is 2.50. The Balaban J connectivity index is 2.20. The molecule has 2 rings (SSSR count). The molecule has 1 aliphatic rings. The standard InChI is InChI=1S/C12H11BrN2O2/c1-7(2)11(16)14-15-6-8-5-9(13)3-4-10(8)12(15)17/h3-5H,1,6H2,2H3,(H,14,16). The number of rotatable bonds is 2. The van der Waals surface area contributed by atoms with Crippen LogP contribution >= 0.6 is 15.9 Å². The second kappa shape index (κ2) is 4.33. The van der Waals surface area contributed by atoms with Crippen molar-refractivity contribution in [3.63, 3.8) is 0 Å². The molecule has 0 saturated heterocycles. The lowest BCUT2D eigenvalue weighted by Gasteiger charge is -2.16. The van der Waals surface area contributed by atoms with Gasteiger partial charge in [-0.3, -0.25) is 15.0 Å². The van der Waals surface area contributed by atoms with Crippen LogP contribution in [0.3, 0.4) is 0 Å². The maximum Gasteiger partial charge on any atom is 0.272 e. The molecule has 0 aromatic heterocycles. The maximum atomic E-state index is 11.9. The Bertz CT molecular complexity index is 525. The second-order valence-electron chi connectivity index (χ2n) is 3.91. The van der Waals surface area contributed by atoms with Gasteiger partial charge in [-0.2, -0.15) is 0 Å². The minimum absolute atomic E-state index is 0.192. The van der Waals surface area contributed by atoms with Crippen LogP contribution in [0.4, 0.5) is 0 Å². The number of benzene rings is 1. The molecule has 1 heterocycles. The average Bonchev–Trinajstić information content (AvgIpc) is 2.55. The molecule has 0 bridgehead atoms. The van der Waals surface area contributed by atoms with E-state index in [2.05, 4.69) is 27.9 Å². The summed E-state index contributed by atoms with van der Waals surface area (Å²) in [5.74, 6) is -0.535. The van der Waals surface area contributed by atoms with Crippen molar-refractivity contribution in [3.8, 4) is 0 Å². The minimum Gasteiger partial charge on any atom is -0.268 e. The van der Waals surface area contributed by atoms with Gasteiger partial charge in [0.05, 0.1) is 6.54 Å². The van der Waals surface area contributed by atoms with E-state index in [0.717, 1.165) is 10.0 Å². The van der Waals surface area contributed by atoms with Crippen molar-refractivity contribution in [3.05, 3.63) is 46.0 Å². The van der Waals surface area contributed by atoms with Gasteiger partial charge < -0.3 is 0 Å². The number of halogens is 1. The first-order valence-electron chi connectivity index (χ1n) is 5.06. The summed E-state index contributed by atoms with van der Waals surface area (Å²) in [5, 5.41) is 1.30. The first-order chi connectivity index (χ1) is 7.99. The number of amides is 2. The van der Waals surface area contributed by atoms with Crippen molar-refractivity contribution in [2.45, 2.75) is 13.5 Å². The maximum absolute atomic E-state index is 11.9. The van der Waals surface area contributed by atoms with Crippen LogP contribution in [0.15, 0.2) is 34.8 Å². The number of fused-ring (bicyclic) bond motifs is 1. The lowest BCUT2D eigenvalue weighted by molar-refractivity contribution is -0.121. The topological polar surface area (TPSA) is 49.4 Å². The van der Waals surface area contributed by atoms with Crippen molar-refractivity contribution in [2.75, 3.05) is 0 Å². The highest BCUT2D eigenvalue weighted by Gasteiger charge is 2.28. The zero-order chi connectivity index (χ0) is 12.6. The van der Waals surface area contributed by atoms with E-state index in [1.54, 1.807) is 19.1 Å². The van der Waals surface area contributed by atoms with E-state index in [-0.39, 0.29) is 11.8 Å². The normalized spacial score (nSPS) is 13.5. The molecule has 0 atom stereocenters. The molecular formula is C12H11BrN2O2. The molecule has 0 unspecified atom stereocenters. The van der Waals surface area contributed by atoms with Gasteiger partial charge in [0.15, 0.2) is 0 Å². The predicted molar refractivity (Wildman–Crippen MR) is 67.0 cm³/mol. The quantitative estimate of drug-likeness (QED) is 0.849. The SMILES string of the molecule is C=C(C)C(=O)NN1Cc2cc(Br)ccc2C1=O. The zero-order valence-electron chi connectivity index (χ0n) is 9.29. The van der Waals surface area contributed by atoms with Gasteiger partial charge in [-0.15, -0.1) is 0 Å². The predicted octanol–water partition coefficient (Wildman–Crippen LogP) is 2.01. The first kappa shape index (κ1) is 11.9. The largest absolute Gasteiger partial charge is 0.272 e. The van der Waals surface area contributed by atoms with Crippen molar-refractivity contribution in [1.29, 1.82) is 0 Å². The molecule has 1 N–H and O–H groups in total. The summed E-state index contributed by atoms with van der Waals surface area (Å²) in [6.07, 6.45) is 0. The summed E-state index contributed by atoms with van der Waals surface area (Å²) in [6.45, 7) is 5.51. The smallest absolute Gasteiger partial charge is 0.268 e. The molecule has 5 heteroatoms. The number of hydrazine groups is 1. The molecule has 0 fully saturated rings. The van der Waals surface area contributed by atoms with Gasteiger partial charge in [0.25, 0.3) is 11.8 Å². The Hall–Kier alpha value is -1.62. The molecule has 17 heavy (non-hydrogen) atoms. The van der Waals surface area contributed by atoms with Crippen molar-refractivity contribution < 1.29 is 9.59 Å². The number of carbonyl (C=O) groups is 2. The van der Waals surface area contributed by atoms with E-state index >= 15 is 0 Å². The van der Waals surface area contributed by atoms with Gasteiger partial charge in [-0.05, 0) is 30.7 Å². The van der Waals surface area contributed by atoms with Crippen LogP contribution in [-0.2, 0) is 11.3 Å². The Morgan fingerprint density at radius 3 is 2.88 bits per heavy atom. The van der Waals surface area contributed by atoms with Gasteiger partial charge in [-0.25, -0.2) is 5.01 Å². The van der Waals surface area contributed by atoms with Crippen molar-refractivity contribution >= 4 is 27.7 Å². The second-order valence-corrected chi connectivity index (χ2v) is 4.83. The highest BCUT2D eigenvalue weighted by molar-refractivity contribution is 9.10. The van der Waals surface area contributed by atoms with Gasteiger partial charge in [0, 0.05) is 15.6 Å². The van der Waals surface area contributed by atoms with Crippen molar-refractivity contribution in [2.24, 2.45) is 0 Å². The molecular weight excluding hydrogens is 284 g/mol. The monoisotopic (exact) mass is 294 g/mol. The Kier molecular flexibility index (Phi) is 3.02. The zero-order valence-corrected chi connectivity index (χ0v) is 10.9. The van der Waals surface area contributed by atoms with Crippen LogP contribution in [-0.4, -0.2) is 16.8 Å². The summed E-state index contributed by atoms with van der Waals surface area (Å²) >= 11 is 3.35. The Labute approximate surface area is 107 Å². The van der Waals surface area contributed by atoms with E-state index in [0.29, 0.717) is 17.7 Å². The molecule has 0 saturated carbocycles. The first-order valence-corrected chi connectivity index (χ1v) is 5.85. The summed E-state index contributed by atoms with van der Waals surface area (Å²) in [4.78, 5) is 23.4. The lowest BCUT2D eigenvalue weighted by atomic mass is 10.1. The van der Waals surface area contributed by atoms with Crippen LogP contribution < -0.4 is 5.43 Å². The van der Waals surface area contributed by atoms with E-state index in [4.69, 9.17) is 0 Å². The fraction of sp³-hybridized carbons (Fsp3) is 0.167. The molecule has 0 radical (unpaired) electrons. The van der Waals surface area contributed by atoms with Gasteiger partial charge in [0.1, 0.15) is 0 Å². The highest BCUT2D eigenvalue weighted by Crippen LogP contribution is 2.24. The van der Waals surface area contributed by atoms with Crippen LogP contribution in [0.25, 0.3) is 0 Å². The minimum atomic E-state index is -0.342. The molecule has 0 aliphatic carbocycles. The summed E-state index contributed by atoms with van der Waals surface area (Å²) in [6, 6.07) is 5.43. The third kappa shape index (κ3) is 2.24. The molecule has 4 nitrogen and oxygen atoms in total. The van der Waals surface area contributed by atoms with E-state index < -0.39 is 0 Å². The molecule has 1 aromatic carbocycles. The summed E-state index contributed by atoms with van der Waals surface area (Å²) in [5.41, 5.74) is 4.41. The molecule has 1 aromatic rings. The molecule has 2 amide bonds. The number of hydrogen-bond acceptors (Lipinski definition) is 2. The third-order valence-corrected chi connectivity index (χ3v) is 2.99. The van der Waals surface area contributed by atoms with Crippen LogP contribution in [0.2, 0.25) is 0 Å². The van der Waals surface area contributed by atoms with Crippen LogP contribution in [0.1, 0.15) is 22.8 Å². The highest BCUT2D eigenvalue weighted by atomic mass is 79.9. The van der Waals surface area contributed by atoms with Gasteiger partial charge in [0.2, 0.25) is 0 Å². The number of nitrogens with zero attached hydrogens (tertiary/aromatic N) is 1. The van der Waals surface area contributed by atoms with Gasteiger partial charge >= 0.3 is 0 Å². The fourth-order valence-corrected chi connectivity index (χ4v) is 2.01. The fourth-order valence-electron chi connectivity index (χ4n) is 1.60. The Morgan fingerprint density at radius 1 is 1.53 bits per heavy atom. The van der Waals surface area contributed by atoms with Crippen molar-refractivity contribution in [1.82, 2.24) is 10.4 Å². The Morgan fingerprint density at radius 2 is 2.24 bits per heavy atom. The number of carbonyl (C=O) groups excluding carboxylic acids is 2. The molecule has 88 valence electrons. The lowest BCUT2D eigenvalue weighted by Crippen LogP contribution is -2.42. The summed E-state index contributed by atoms with van der Waals surface area (Å²) < 4.78 is 0.914. The van der Waals surface area contributed by atoms with E-state index in [1.807, 2.05) is 6.07 Å². The number of nitrogens with one attached hydrogen (secondary N) is 1. The van der Waals surface area contributed by atoms with Gasteiger partial charge in [-0.1, -0.05) is 22.5 Å². The molecule has 1 aliphatic heterocycles. The van der Waals surface area contributed by atoms with E-state index in [9.17, 15) is 9.59 Å².